The van der Waals surface area contributed by atoms with Gasteiger partial charge in [-0.3, -0.25) is 9.59 Å². The zero-order valence-corrected chi connectivity index (χ0v) is 12.7. The molecule has 0 saturated heterocycles. The van der Waals surface area contributed by atoms with Gasteiger partial charge in [0.05, 0.1) is 0 Å². The number of aromatic nitrogens is 1. The normalized spacial score (nSPS) is 21.7. The van der Waals surface area contributed by atoms with Crippen LogP contribution in [0.4, 0.5) is 0 Å². The first-order valence-electron chi connectivity index (χ1n) is 7.74. The van der Waals surface area contributed by atoms with Crippen LogP contribution < -0.4 is 16.6 Å². The number of hydrogen-bond acceptors (Lipinski definition) is 3. The van der Waals surface area contributed by atoms with Gasteiger partial charge in [-0.2, -0.15) is 0 Å². The highest BCUT2D eigenvalue weighted by Gasteiger charge is 2.23. The molecular weight excluding hydrogens is 278 g/mol. The SMILES string of the molecule is Cc1c(C(=O)NC2CCC(N)CC2)c(=O)[nH]c2ccccc12. The topological polar surface area (TPSA) is 88.0 Å². The van der Waals surface area contributed by atoms with E-state index in [0.29, 0.717) is 0 Å². The van der Waals surface area contributed by atoms with Crippen molar-refractivity contribution in [3.05, 3.63) is 45.7 Å². The first kappa shape index (κ1) is 14.8. The van der Waals surface area contributed by atoms with Crippen LogP contribution in [0.3, 0.4) is 0 Å². The zero-order valence-electron chi connectivity index (χ0n) is 12.7. The third-order valence-electron chi connectivity index (χ3n) is 4.52. The van der Waals surface area contributed by atoms with Gasteiger partial charge in [0.25, 0.3) is 11.5 Å². The summed E-state index contributed by atoms with van der Waals surface area (Å²) in [6.45, 7) is 1.82. The molecule has 0 unspecified atom stereocenters. The van der Waals surface area contributed by atoms with Crippen molar-refractivity contribution in [3.63, 3.8) is 0 Å². The van der Waals surface area contributed by atoms with E-state index in [9.17, 15) is 9.59 Å². The second kappa shape index (κ2) is 5.93. The average Bonchev–Trinajstić information content (AvgIpc) is 2.49. The Kier molecular flexibility index (Phi) is 3.98. The molecule has 0 spiro atoms. The first-order valence-corrected chi connectivity index (χ1v) is 7.74. The van der Waals surface area contributed by atoms with Gasteiger partial charge in [0.2, 0.25) is 0 Å². The predicted molar refractivity (Wildman–Crippen MR) is 87.0 cm³/mol. The minimum Gasteiger partial charge on any atom is -0.349 e. The number of carbonyl (C=O) groups excluding carboxylic acids is 1. The molecule has 2 aromatic rings. The van der Waals surface area contributed by atoms with Gasteiger partial charge < -0.3 is 16.0 Å². The van der Waals surface area contributed by atoms with Crippen LogP contribution >= 0.6 is 0 Å². The molecule has 1 aromatic carbocycles. The smallest absolute Gasteiger partial charge is 0.261 e. The Morgan fingerprint density at radius 2 is 1.91 bits per heavy atom. The number of nitrogens with two attached hydrogens (primary N) is 1. The standard InChI is InChI=1S/C17H21N3O2/c1-10-13-4-2-3-5-14(13)20-17(22)15(10)16(21)19-12-8-6-11(18)7-9-12/h2-5,11-12H,6-9,18H2,1H3,(H,19,21)(H,20,22). The largest absolute Gasteiger partial charge is 0.349 e. The van der Waals surface area contributed by atoms with Crippen LogP contribution in [0.1, 0.15) is 41.6 Å². The lowest BCUT2D eigenvalue weighted by Gasteiger charge is -2.26. The number of aromatic amines is 1. The van der Waals surface area contributed by atoms with Crippen molar-refractivity contribution < 1.29 is 4.79 Å². The summed E-state index contributed by atoms with van der Waals surface area (Å²) in [6.07, 6.45) is 3.57. The van der Waals surface area contributed by atoms with Crippen LogP contribution in [-0.4, -0.2) is 23.0 Å². The van der Waals surface area contributed by atoms with Crippen molar-refractivity contribution in [2.24, 2.45) is 5.73 Å². The molecule has 1 fully saturated rings. The number of carbonyl (C=O) groups is 1. The summed E-state index contributed by atoms with van der Waals surface area (Å²) < 4.78 is 0. The maximum Gasteiger partial charge on any atom is 0.261 e. The van der Waals surface area contributed by atoms with E-state index in [1.165, 1.54) is 0 Å². The average molecular weight is 299 g/mol. The lowest BCUT2D eigenvalue weighted by molar-refractivity contribution is 0.0924. The summed E-state index contributed by atoms with van der Waals surface area (Å²) >= 11 is 0. The highest BCUT2D eigenvalue weighted by Crippen LogP contribution is 2.19. The molecule has 1 aliphatic rings. The number of pyridine rings is 1. The summed E-state index contributed by atoms with van der Waals surface area (Å²) in [6, 6.07) is 7.86. The quantitative estimate of drug-likeness (QED) is 0.790. The minimum atomic E-state index is -0.332. The number of aryl methyl sites for hydroxylation is 1. The van der Waals surface area contributed by atoms with Crippen molar-refractivity contribution in [2.45, 2.75) is 44.7 Å². The third-order valence-corrected chi connectivity index (χ3v) is 4.52. The summed E-state index contributed by atoms with van der Waals surface area (Å²) in [5.74, 6) is -0.287. The van der Waals surface area contributed by atoms with Gasteiger partial charge in [-0.15, -0.1) is 0 Å². The maximum absolute atomic E-state index is 12.5. The van der Waals surface area contributed by atoms with Crippen LogP contribution in [0.25, 0.3) is 10.9 Å². The van der Waals surface area contributed by atoms with Gasteiger partial charge in [-0.05, 0) is 44.2 Å². The maximum atomic E-state index is 12.5. The molecule has 4 N–H and O–H groups in total. The number of benzene rings is 1. The molecule has 1 saturated carbocycles. The number of hydrogen-bond donors (Lipinski definition) is 3. The van der Waals surface area contributed by atoms with Gasteiger partial charge in [0, 0.05) is 23.0 Å². The molecule has 0 aliphatic heterocycles. The lowest BCUT2D eigenvalue weighted by atomic mass is 9.91. The van der Waals surface area contributed by atoms with Crippen LogP contribution in [0, 0.1) is 6.92 Å². The van der Waals surface area contributed by atoms with Crippen molar-refractivity contribution in [1.29, 1.82) is 0 Å². The Morgan fingerprint density at radius 1 is 1.23 bits per heavy atom. The van der Waals surface area contributed by atoms with Crippen LogP contribution in [-0.2, 0) is 0 Å². The number of H-pyrrole nitrogens is 1. The second-order valence-electron chi connectivity index (χ2n) is 6.08. The predicted octanol–water partition coefficient (Wildman–Crippen LogP) is 1.84. The van der Waals surface area contributed by atoms with E-state index in [1.54, 1.807) is 0 Å². The van der Waals surface area contributed by atoms with Gasteiger partial charge in [0.15, 0.2) is 0 Å². The molecule has 0 atom stereocenters. The first-order chi connectivity index (χ1) is 10.6. The number of amides is 1. The van der Waals surface area contributed by atoms with E-state index in [4.69, 9.17) is 5.73 Å². The molecule has 5 heteroatoms. The van der Waals surface area contributed by atoms with E-state index < -0.39 is 0 Å². The monoisotopic (exact) mass is 299 g/mol. The Morgan fingerprint density at radius 3 is 2.64 bits per heavy atom. The molecule has 116 valence electrons. The number of rotatable bonds is 2. The molecule has 0 bridgehead atoms. The van der Waals surface area contributed by atoms with E-state index >= 15 is 0 Å². The molecule has 1 aromatic heterocycles. The van der Waals surface area contributed by atoms with Crippen LogP contribution in [0.15, 0.2) is 29.1 Å². The highest BCUT2D eigenvalue weighted by molar-refractivity contribution is 5.99. The Hall–Kier alpha value is -2.14. The molecule has 1 heterocycles. The van der Waals surface area contributed by atoms with E-state index in [-0.39, 0.29) is 29.1 Å². The number of nitrogens with one attached hydrogen (secondary N) is 2. The summed E-state index contributed by atoms with van der Waals surface area (Å²) in [5.41, 5.74) is 7.25. The lowest BCUT2D eigenvalue weighted by Crippen LogP contribution is -2.42. The van der Waals surface area contributed by atoms with Gasteiger partial charge in [0.1, 0.15) is 5.56 Å². The van der Waals surface area contributed by atoms with E-state index in [1.807, 2.05) is 31.2 Å². The molecular formula is C17H21N3O2. The Balaban J connectivity index is 1.89. The highest BCUT2D eigenvalue weighted by atomic mass is 16.2. The number of fused-ring (bicyclic) bond motifs is 1. The molecule has 3 rings (SSSR count). The molecule has 5 nitrogen and oxygen atoms in total. The molecule has 22 heavy (non-hydrogen) atoms. The van der Waals surface area contributed by atoms with Crippen molar-refractivity contribution in [3.8, 4) is 0 Å². The van der Waals surface area contributed by atoms with Gasteiger partial charge in [-0.25, -0.2) is 0 Å². The Bertz CT molecular complexity index is 758. The fraction of sp³-hybridized carbons (Fsp3) is 0.412. The third kappa shape index (κ3) is 2.76. The van der Waals surface area contributed by atoms with Gasteiger partial charge >= 0.3 is 0 Å². The van der Waals surface area contributed by atoms with Crippen LogP contribution in [0.5, 0.6) is 0 Å². The van der Waals surface area contributed by atoms with E-state index in [2.05, 4.69) is 10.3 Å². The summed E-state index contributed by atoms with van der Waals surface area (Å²) in [7, 11) is 0. The summed E-state index contributed by atoms with van der Waals surface area (Å²) in [4.78, 5) is 27.6. The van der Waals surface area contributed by atoms with Crippen LogP contribution in [0.2, 0.25) is 0 Å². The van der Waals surface area contributed by atoms with Gasteiger partial charge in [-0.1, -0.05) is 18.2 Å². The zero-order chi connectivity index (χ0) is 15.7. The minimum absolute atomic E-state index is 0.109. The summed E-state index contributed by atoms with van der Waals surface area (Å²) in [5, 5.41) is 3.89. The van der Waals surface area contributed by atoms with Crippen molar-refractivity contribution >= 4 is 16.8 Å². The second-order valence-corrected chi connectivity index (χ2v) is 6.08. The fourth-order valence-electron chi connectivity index (χ4n) is 3.20. The fourth-order valence-corrected chi connectivity index (χ4v) is 3.20. The van der Waals surface area contributed by atoms with Crippen molar-refractivity contribution in [2.75, 3.05) is 0 Å². The molecule has 1 amide bonds. The molecule has 0 radical (unpaired) electrons. The van der Waals surface area contributed by atoms with E-state index in [0.717, 1.165) is 42.1 Å². The Labute approximate surface area is 128 Å². The number of para-hydroxylation sites is 1. The molecule has 1 aliphatic carbocycles. The van der Waals surface area contributed by atoms with Crippen molar-refractivity contribution in [1.82, 2.24) is 10.3 Å².